The zero-order chi connectivity index (χ0) is 7.56. The number of benzene rings is 1. The summed E-state index contributed by atoms with van der Waals surface area (Å²) in [6.07, 6.45) is 1.08. The molecule has 0 aliphatic carbocycles. The summed E-state index contributed by atoms with van der Waals surface area (Å²) in [4.78, 5) is 0. The predicted molar refractivity (Wildman–Crippen MR) is 45.0 cm³/mol. The Kier molecular flexibility index (Phi) is 2.10. The molecule has 0 aromatic heterocycles. The van der Waals surface area contributed by atoms with Gasteiger partial charge in [0.05, 0.1) is 0 Å². The fraction of sp³-hybridized carbons (Fsp3) is 0.300. The van der Waals surface area contributed by atoms with Gasteiger partial charge in [0, 0.05) is 0 Å². The average Bonchev–Trinajstić information content (AvgIpc) is 1.88. The highest BCUT2D eigenvalue weighted by atomic mass is 14.0. The quantitative estimate of drug-likeness (QED) is 0.552. The molecule has 10 heavy (non-hydrogen) atoms. The van der Waals surface area contributed by atoms with Crippen LogP contribution in [0.25, 0.3) is 0 Å². The molecule has 0 unspecified atom stereocenters. The first kappa shape index (κ1) is 7.33. The zero-order valence-corrected chi connectivity index (χ0v) is 6.65. The van der Waals surface area contributed by atoms with Gasteiger partial charge in [0.1, 0.15) is 0 Å². The lowest BCUT2D eigenvalue weighted by molar-refractivity contribution is 1.12. The highest BCUT2D eigenvalue weighted by molar-refractivity contribution is 5.33. The van der Waals surface area contributed by atoms with Crippen molar-refractivity contribution in [1.82, 2.24) is 0 Å². The van der Waals surface area contributed by atoms with Crippen molar-refractivity contribution in [2.24, 2.45) is 0 Å². The first-order chi connectivity index (χ1) is 4.74. The van der Waals surface area contributed by atoms with E-state index in [1.807, 2.05) is 0 Å². The van der Waals surface area contributed by atoms with Gasteiger partial charge < -0.3 is 0 Å². The van der Waals surface area contributed by atoms with Crippen LogP contribution in [0.15, 0.2) is 18.2 Å². The molecule has 0 spiro atoms. The van der Waals surface area contributed by atoms with E-state index < -0.39 is 0 Å². The minimum absolute atomic E-state index is 1.08. The van der Waals surface area contributed by atoms with Gasteiger partial charge in [-0.25, -0.2) is 0 Å². The molecule has 1 rings (SSSR count). The monoisotopic (exact) mass is 133 g/mol. The third-order valence-electron chi connectivity index (χ3n) is 1.74. The number of hydrogen-bond donors (Lipinski definition) is 0. The predicted octanol–water partition coefficient (Wildman–Crippen LogP) is 2.74. The highest BCUT2D eigenvalue weighted by Gasteiger charge is 1.93. The number of aryl methyl sites for hydroxylation is 2. The molecular weight excluding hydrogens is 120 g/mol. The fourth-order valence-electron chi connectivity index (χ4n) is 1.10. The van der Waals surface area contributed by atoms with Gasteiger partial charge in [0.25, 0.3) is 0 Å². The van der Waals surface area contributed by atoms with Crippen LogP contribution in [0.5, 0.6) is 0 Å². The van der Waals surface area contributed by atoms with Gasteiger partial charge in [0.15, 0.2) is 0 Å². The Bertz CT molecular complexity index is 223. The fourth-order valence-corrected chi connectivity index (χ4v) is 1.10. The molecule has 0 saturated heterocycles. The first-order valence-corrected chi connectivity index (χ1v) is 3.65. The lowest BCUT2D eigenvalue weighted by Gasteiger charge is -2.01. The highest BCUT2D eigenvalue weighted by Crippen LogP contribution is 2.10. The molecule has 0 saturated carbocycles. The standard InChI is InChI=1S/C10H13/c1-4-10-6-5-8(2)7-9(10)3/h5-7H,3-4H2,1-2H3. The van der Waals surface area contributed by atoms with Crippen molar-refractivity contribution in [3.8, 4) is 0 Å². The van der Waals surface area contributed by atoms with Crippen molar-refractivity contribution in [3.63, 3.8) is 0 Å². The zero-order valence-electron chi connectivity index (χ0n) is 6.65. The van der Waals surface area contributed by atoms with E-state index in [0.717, 1.165) is 6.42 Å². The molecule has 0 fully saturated rings. The van der Waals surface area contributed by atoms with Gasteiger partial charge in [0.2, 0.25) is 0 Å². The lowest BCUT2D eigenvalue weighted by Crippen LogP contribution is -1.85. The summed E-state index contributed by atoms with van der Waals surface area (Å²) < 4.78 is 0. The molecule has 1 radical (unpaired) electrons. The van der Waals surface area contributed by atoms with Crippen molar-refractivity contribution in [2.75, 3.05) is 0 Å². The van der Waals surface area contributed by atoms with E-state index in [4.69, 9.17) is 0 Å². The van der Waals surface area contributed by atoms with Crippen LogP contribution < -0.4 is 0 Å². The van der Waals surface area contributed by atoms with Gasteiger partial charge >= 0.3 is 0 Å². The summed E-state index contributed by atoms with van der Waals surface area (Å²) in [5.74, 6) is 0. The molecule has 0 aliphatic heterocycles. The molecule has 53 valence electrons. The number of hydrogen-bond acceptors (Lipinski definition) is 0. The van der Waals surface area contributed by atoms with E-state index in [0.29, 0.717) is 0 Å². The molecule has 1 aromatic rings. The van der Waals surface area contributed by atoms with Crippen LogP contribution in [0.4, 0.5) is 0 Å². The minimum atomic E-state index is 1.08. The maximum Gasteiger partial charge on any atom is -0.0235 e. The molecule has 0 amide bonds. The van der Waals surface area contributed by atoms with Crippen LogP contribution in [-0.2, 0) is 6.42 Å². The maximum atomic E-state index is 3.95. The molecule has 0 bridgehead atoms. The van der Waals surface area contributed by atoms with Gasteiger partial charge in [-0.2, -0.15) is 0 Å². The molecule has 0 nitrogen and oxygen atoms in total. The molecule has 0 aliphatic rings. The van der Waals surface area contributed by atoms with E-state index in [1.165, 1.54) is 16.7 Å². The lowest BCUT2D eigenvalue weighted by atomic mass is 10.0. The second-order valence-electron chi connectivity index (χ2n) is 2.63. The molecule has 0 N–H and O–H groups in total. The van der Waals surface area contributed by atoms with E-state index in [2.05, 4.69) is 39.0 Å². The molecular formula is C10H13. The first-order valence-electron chi connectivity index (χ1n) is 3.65. The molecule has 0 heterocycles. The number of rotatable bonds is 1. The molecule has 0 atom stereocenters. The van der Waals surface area contributed by atoms with Crippen LogP contribution in [0.3, 0.4) is 0 Å². The Morgan fingerprint density at radius 2 is 2.10 bits per heavy atom. The summed E-state index contributed by atoms with van der Waals surface area (Å²) in [6.45, 7) is 8.20. The summed E-state index contributed by atoms with van der Waals surface area (Å²) in [5.41, 5.74) is 3.82. The van der Waals surface area contributed by atoms with Crippen LogP contribution in [0.1, 0.15) is 23.6 Å². The van der Waals surface area contributed by atoms with Crippen LogP contribution in [0.2, 0.25) is 0 Å². The van der Waals surface area contributed by atoms with Crippen LogP contribution >= 0.6 is 0 Å². The summed E-state index contributed by atoms with van der Waals surface area (Å²) >= 11 is 0. The second kappa shape index (κ2) is 2.87. The van der Waals surface area contributed by atoms with Crippen LogP contribution in [0, 0.1) is 13.8 Å². The largest absolute Gasteiger partial charge is 0.0613 e. The third kappa shape index (κ3) is 1.38. The topological polar surface area (TPSA) is 0 Å². The Balaban J connectivity index is 3.07. The smallest absolute Gasteiger partial charge is 0.0235 e. The Morgan fingerprint density at radius 3 is 2.60 bits per heavy atom. The van der Waals surface area contributed by atoms with Gasteiger partial charge in [-0.3, -0.25) is 0 Å². The third-order valence-corrected chi connectivity index (χ3v) is 1.74. The Hall–Kier alpha value is -0.780. The van der Waals surface area contributed by atoms with E-state index >= 15 is 0 Å². The van der Waals surface area contributed by atoms with Crippen molar-refractivity contribution < 1.29 is 0 Å². The Labute approximate surface area is 62.9 Å². The van der Waals surface area contributed by atoms with Gasteiger partial charge in [-0.05, 0) is 31.4 Å². The molecule has 0 heteroatoms. The maximum absolute atomic E-state index is 3.95. The summed E-state index contributed by atoms with van der Waals surface area (Å²) in [6, 6.07) is 6.41. The van der Waals surface area contributed by atoms with E-state index in [9.17, 15) is 0 Å². The van der Waals surface area contributed by atoms with E-state index in [-0.39, 0.29) is 0 Å². The van der Waals surface area contributed by atoms with Crippen molar-refractivity contribution in [3.05, 3.63) is 41.8 Å². The molecule has 1 aromatic carbocycles. The summed E-state index contributed by atoms with van der Waals surface area (Å²) in [7, 11) is 0. The van der Waals surface area contributed by atoms with Crippen LogP contribution in [-0.4, -0.2) is 0 Å². The second-order valence-corrected chi connectivity index (χ2v) is 2.63. The Morgan fingerprint density at radius 1 is 1.40 bits per heavy atom. The SMILES string of the molecule is [CH2]c1cc(C)ccc1CC. The van der Waals surface area contributed by atoms with E-state index in [1.54, 1.807) is 0 Å². The van der Waals surface area contributed by atoms with Crippen molar-refractivity contribution in [1.29, 1.82) is 0 Å². The van der Waals surface area contributed by atoms with Crippen molar-refractivity contribution >= 4 is 0 Å². The van der Waals surface area contributed by atoms with Gasteiger partial charge in [-0.15, -0.1) is 0 Å². The summed E-state index contributed by atoms with van der Waals surface area (Å²) in [5, 5.41) is 0. The minimum Gasteiger partial charge on any atom is -0.0613 e. The average molecular weight is 133 g/mol. The normalized spacial score (nSPS) is 9.90. The van der Waals surface area contributed by atoms with Gasteiger partial charge in [-0.1, -0.05) is 30.7 Å². The van der Waals surface area contributed by atoms with Crippen molar-refractivity contribution in [2.45, 2.75) is 20.3 Å².